The summed E-state index contributed by atoms with van der Waals surface area (Å²) in [6.07, 6.45) is 8.89. The summed E-state index contributed by atoms with van der Waals surface area (Å²) in [5.41, 5.74) is 11.2. The Hall–Kier alpha value is -4.33. The number of carbonyl (C=O) groups excluding carboxylic acids is 1. The van der Waals surface area contributed by atoms with Gasteiger partial charge < -0.3 is 29.3 Å². The van der Waals surface area contributed by atoms with Gasteiger partial charge in [-0.15, -0.1) is 0 Å². The first-order valence-corrected chi connectivity index (χ1v) is 20.9. The third kappa shape index (κ3) is 6.13. The maximum Gasteiger partial charge on any atom is 0.254 e. The van der Waals surface area contributed by atoms with Crippen LogP contribution in [0, 0.1) is 12.8 Å². The molecule has 6 aliphatic rings. The van der Waals surface area contributed by atoms with Crippen molar-refractivity contribution >= 4 is 11.6 Å². The first-order valence-electron chi connectivity index (χ1n) is 20.9. The van der Waals surface area contributed by atoms with Gasteiger partial charge >= 0.3 is 0 Å². The molecular formula is C48H55N3O4. The highest BCUT2D eigenvalue weighted by atomic mass is 16.5. The molecule has 3 fully saturated rings. The third-order valence-electron chi connectivity index (χ3n) is 14.7. The fourth-order valence-corrected chi connectivity index (χ4v) is 11.4. The molecule has 0 radical (unpaired) electrons. The Morgan fingerprint density at radius 3 is 2.38 bits per heavy atom. The molecule has 1 amide bonds. The Bertz CT molecular complexity index is 2070. The number of benzene rings is 4. The number of rotatable bonds is 5. The molecule has 0 unspecified atom stereocenters. The minimum Gasteiger partial charge on any atom is -0.508 e. The monoisotopic (exact) mass is 737 g/mol. The van der Waals surface area contributed by atoms with Gasteiger partial charge in [-0.3, -0.25) is 4.79 Å². The zero-order valence-electron chi connectivity index (χ0n) is 32.6. The Morgan fingerprint density at radius 1 is 0.855 bits per heavy atom. The molecule has 1 aliphatic carbocycles. The van der Waals surface area contributed by atoms with Crippen LogP contribution < -0.4 is 9.64 Å². The number of phenolic OH excluding ortho intramolecular Hbond substituents is 1. The molecule has 7 nitrogen and oxygen atoms in total. The van der Waals surface area contributed by atoms with Crippen LogP contribution >= 0.6 is 0 Å². The SMILES string of the molecule is Cc1cc2c(c3c1C(=O)N(C)C3)OCC21CCN(C[C@H]2CCC3(CCN(c4ccc([C@@H]5c6ccc(O)cc6CC[C@@H]5c5ccccc5)cc4)CC3)OC2)CC1. The van der Waals surface area contributed by atoms with Crippen LogP contribution in [0.3, 0.4) is 0 Å². The van der Waals surface area contributed by atoms with Crippen LogP contribution in [0.15, 0.2) is 78.9 Å². The number of aromatic hydroxyl groups is 1. The van der Waals surface area contributed by atoms with Crippen molar-refractivity contribution in [1.82, 2.24) is 9.80 Å². The molecule has 4 aromatic rings. The largest absolute Gasteiger partial charge is 0.508 e. The molecule has 0 aromatic heterocycles. The highest BCUT2D eigenvalue weighted by Crippen LogP contribution is 2.51. The number of carbonyl (C=O) groups is 1. The summed E-state index contributed by atoms with van der Waals surface area (Å²) in [6, 6.07) is 28.6. The highest BCUT2D eigenvalue weighted by Gasteiger charge is 2.47. The molecule has 0 bridgehead atoms. The summed E-state index contributed by atoms with van der Waals surface area (Å²) >= 11 is 0. The molecule has 1 N–H and O–H groups in total. The lowest BCUT2D eigenvalue weighted by atomic mass is 9.69. The van der Waals surface area contributed by atoms with Crippen molar-refractivity contribution in [3.05, 3.63) is 123 Å². The van der Waals surface area contributed by atoms with Gasteiger partial charge in [0.2, 0.25) is 0 Å². The van der Waals surface area contributed by atoms with Crippen LogP contribution in [0.2, 0.25) is 0 Å². The molecule has 7 heteroatoms. The zero-order valence-corrected chi connectivity index (χ0v) is 32.6. The lowest BCUT2D eigenvalue weighted by Crippen LogP contribution is -2.51. The summed E-state index contributed by atoms with van der Waals surface area (Å²) in [4.78, 5) is 19.8. The lowest BCUT2D eigenvalue weighted by Gasteiger charge is -2.47. The number of aryl methyl sites for hydroxylation is 2. The molecule has 3 atom stereocenters. The number of likely N-dealkylation sites (tertiary alicyclic amines) is 1. The van der Waals surface area contributed by atoms with E-state index in [4.69, 9.17) is 9.47 Å². The first kappa shape index (κ1) is 35.1. The van der Waals surface area contributed by atoms with E-state index in [0.717, 1.165) is 107 Å². The average molecular weight is 738 g/mol. The molecule has 3 saturated heterocycles. The molecule has 55 heavy (non-hydrogen) atoms. The van der Waals surface area contributed by atoms with Gasteiger partial charge in [0.25, 0.3) is 5.91 Å². The Balaban J connectivity index is 0.739. The summed E-state index contributed by atoms with van der Waals surface area (Å²) < 4.78 is 13.2. The fourth-order valence-electron chi connectivity index (χ4n) is 11.4. The normalized spacial score (nSPS) is 25.5. The molecule has 4 aromatic carbocycles. The number of hydrogen-bond acceptors (Lipinski definition) is 6. The minimum atomic E-state index is 0.0254. The second-order valence-corrected chi connectivity index (χ2v) is 17.8. The first-order chi connectivity index (χ1) is 26.8. The fraction of sp³-hybridized carbons (Fsp3) is 0.479. The lowest BCUT2D eigenvalue weighted by molar-refractivity contribution is -0.117. The topological polar surface area (TPSA) is 65.5 Å². The van der Waals surface area contributed by atoms with E-state index < -0.39 is 0 Å². The number of anilines is 1. The maximum atomic E-state index is 12.8. The number of amides is 1. The molecule has 10 rings (SSSR count). The number of piperidine rings is 2. The van der Waals surface area contributed by atoms with Gasteiger partial charge in [-0.05, 0) is 135 Å². The molecule has 5 aliphatic heterocycles. The van der Waals surface area contributed by atoms with Gasteiger partial charge in [0, 0.05) is 54.8 Å². The van der Waals surface area contributed by atoms with E-state index in [1.54, 1.807) is 0 Å². The van der Waals surface area contributed by atoms with Crippen LogP contribution in [0.5, 0.6) is 11.5 Å². The molecule has 5 heterocycles. The van der Waals surface area contributed by atoms with Crippen molar-refractivity contribution in [2.75, 3.05) is 57.9 Å². The van der Waals surface area contributed by atoms with Crippen LogP contribution in [-0.2, 0) is 23.1 Å². The van der Waals surface area contributed by atoms with Crippen LogP contribution in [-0.4, -0.2) is 79.4 Å². The van der Waals surface area contributed by atoms with Crippen molar-refractivity contribution in [3.8, 4) is 11.5 Å². The van der Waals surface area contributed by atoms with E-state index in [1.807, 2.05) is 24.1 Å². The maximum absolute atomic E-state index is 12.8. The average Bonchev–Trinajstić information content (AvgIpc) is 3.72. The summed E-state index contributed by atoms with van der Waals surface area (Å²) in [5, 5.41) is 10.2. The highest BCUT2D eigenvalue weighted by molar-refractivity contribution is 6.00. The van der Waals surface area contributed by atoms with Crippen molar-refractivity contribution in [1.29, 1.82) is 0 Å². The predicted molar refractivity (Wildman–Crippen MR) is 217 cm³/mol. The van der Waals surface area contributed by atoms with Crippen molar-refractivity contribution in [3.63, 3.8) is 0 Å². The van der Waals surface area contributed by atoms with E-state index in [1.165, 1.54) is 46.3 Å². The van der Waals surface area contributed by atoms with Gasteiger partial charge in [0.15, 0.2) is 0 Å². The number of ether oxygens (including phenoxy) is 2. The van der Waals surface area contributed by atoms with Gasteiger partial charge in [-0.25, -0.2) is 0 Å². The minimum absolute atomic E-state index is 0.0254. The van der Waals surface area contributed by atoms with E-state index in [-0.39, 0.29) is 22.8 Å². The third-order valence-corrected chi connectivity index (χ3v) is 14.7. The molecule has 0 saturated carbocycles. The van der Waals surface area contributed by atoms with Gasteiger partial charge in [0.1, 0.15) is 11.5 Å². The Labute approximate surface area is 326 Å². The van der Waals surface area contributed by atoms with Crippen LogP contribution in [0.1, 0.15) is 106 Å². The molecule has 2 spiro atoms. The van der Waals surface area contributed by atoms with E-state index in [2.05, 4.69) is 83.5 Å². The zero-order chi connectivity index (χ0) is 37.3. The van der Waals surface area contributed by atoms with Crippen molar-refractivity contribution in [2.24, 2.45) is 5.92 Å². The number of fused-ring (bicyclic) bond motifs is 5. The standard InChI is InChI=1S/C48H55N3O4/c1-32-26-42-45(41-29-49(2)46(53)43(32)41)54-31-47(42)18-22-50(23-19-47)28-33-16-17-48(55-30-33)20-24-51(25-21-48)37-11-8-35(9-12-37)44-39(34-6-4-3-5-7-34)14-10-36-27-38(52)13-15-40(36)44/h3-9,11-13,15,26-27,33,39,44,52H,10,14,16-25,28-31H2,1-2H3/t33-,39-,44+/m1/s1. The number of phenols is 1. The Morgan fingerprint density at radius 2 is 1.64 bits per heavy atom. The van der Waals surface area contributed by atoms with Crippen molar-refractivity contribution < 1.29 is 19.4 Å². The summed E-state index contributed by atoms with van der Waals surface area (Å²) in [6.45, 7) is 9.76. The van der Waals surface area contributed by atoms with Gasteiger partial charge in [-0.1, -0.05) is 54.6 Å². The van der Waals surface area contributed by atoms with Gasteiger partial charge in [0.05, 0.1) is 30.9 Å². The molecular weight excluding hydrogens is 683 g/mol. The molecule has 286 valence electrons. The number of nitrogens with zero attached hydrogens (tertiary/aromatic N) is 3. The van der Waals surface area contributed by atoms with E-state index in [9.17, 15) is 9.90 Å². The quantitative estimate of drug-likeness (QED) is 0.222. The second-order valence-electron chi connectivity index (χ2n) is 17.8. The number of hydrogen-bond donors (Lipinski definition) is 1. The second kappa shape index (κ2) is 13.7. The smallest absolute Gasteiger partial charge is 0.254 e. The van der Waals surface area contributed by atoms with Gasteiger partial charge in [-0.2, -0.15) is 0 Å². The summed E-state index contributed by atoms with van der Waals surface area (Å²) in [7, 11) is 1.89. The van der Waals surface area contributed by atoms with Crippen molar-refractivity contribution in [2.45, 2.75) is 87.7 Å². The summed E-state index contributed by atoms with van der Waals surface area (Å²) in [5.74, 6) is 2.78. The van der Waals surface area contributed by atoms with E-state index in [0.29, 0.717) is 24.1 Å². The predicted octanol–water partition coefficient (Wildman–Crippen LogP) is 8.34. The van der Waals surface area contributed by atoms with Crippen LogP contribution in [0.25, 0.3) is 0 Å². The van der Waals surface area contributed by atoms with Crippen LogP contribution in [0.4, 0.5) is 5.69 Å². The Kier molecular flexibility index (Phi) is 8.75. The van der Waals surface area contributed by atoms with E-state index >= 15 is 0 Å².